The second kappa shape index (κ2) is 9.73. The van der Waals surface area contributed by atoms with Crippen LogP contribution in [0.4, 0.5) is 11.5 Å². The molecular formula is C26H29N3O3. The van der Waals surface area contributed by atoms with Gasteiger partial charge in [-0.2, -0.15) is 0 Å². The minimum absolute atomic E-state index is 0.0417. The van der Waals surface area contributed by atoms with Crippen LogP contribution in [-0.2, 0) is 4.79 Å². The fourth-order valence-corrected chi connectivity index (χ4v) is 4.00. The molecule has 2 heterocycles. The molecule has 3 aromatic rings. The van der Waals surface area contributed by atoms with Crippen molar-refractivity contribution in [2.45, 2.75) is 32.6 Å². The molecule has 0 spiro atoms. The molecule has 0 unspecified atom stereocenters. The highest BCUT2D eigenvalue weighted by atomic mass is 16.5. The first-order valence-corrected chi connectivity index (χ1v) is 11.1. The topological polar surface area (TPSA) is 74.7 Å². The number of ether oxygens (including phenoxy) is 1. The van der Waals surface area contributed by atoms with Gasteiger partial charge in [0, 0.05) is 30.8 Å². The first-order valence-electron chi connectivity index (χ1n) is 11.1. The van der Waals surface area contributed by atoms with Crippen LogP contribution in [0.2, 0.25) is 0 Å². The molecule has 0 aliphatic carbocycles. The van der Waals surface area contributed by atoms with Crippen LogP contribution in [0, 0.1) is 0 Å². The van der Waals surface area contributed by atoms with Crippen LogP contribution in [0.3, 0.4) is 0 Å². The molecule has 1 aliphatic rings. The number of pyridine rings is 1. The fourth-order valence-electron chi connectivity index (χ4n) is 4.00. The maximum absolute atomic E-state index is 12.1. The number of methoxy groups -OCH3 is 1. The number of anilines is 2. The van der Waals surface area contributed by atoms with Crippen molar-refractivity contribution in [3.8, 4) is 33.9 Å². The number of benzene rings is 2. The molecule has 6 heteroatoms. The zero-order valence-electron chi connectivity index (χ0n) is 18.6. The van der Waals surface area contributed by atoms with Gasteiger partial charge >= 0.3 is 0 Å². The largest absolute Gasteiger partial charge is 0.507 e. The summed E-state index contributed by atoms with van der Waals surface area (Å²) in [6.45, 7) is 3.90. The molecule has 2 N–H and O–H groups in total. The van der Waals surface area contributed by atoms with Crippen molar-refractivity contribution >= 4 is 17.4 Å². The zero-order chi connectivity index (χ0) is 22.5. The lowest BCUT2D eigenvalue weighted by molar-refractivity contribution is -0.116. The Hall–Kier alpha value is -3.54. The molecule has 1 aromatic heterocycles. The Bertz CT molecular complexity index is 1110. The highest BCUT2D eigenvalue weighted by Crippen LogP contribution is 2.36. The lowest BCUT2D eigenvalue weighted by Crippen LogP contribution is -2.19. The van der Waals surface area contributed by atoms with Gasteiger partial charge in [0.25, 0.3) is 0 Å². The van der Waals surface area contributed by atoms with E-state index in [1.807, 2.05) is 37.3 Å². The summed E-state index contributed by atoms with van der Waals surface area (Å²) in [5.74, 6) is 1.76. The smallest absolute Gasteiger partial charge is 0.224 e. The predicted octanol–water partition coefficient (Wildman–Crippen LogP) is 5.47. The SMILES string of the molecule is CCCC(=O)Nc1ccc(O)c(-c2cc(-c3cccc(OC)c3)cc(N3CCCC3)n2)c1. The predicted molar refractivity (Wildman–Crippen MR) is 128 cm³/mol. The Balaban J connectivity index is 1.79. The number of aromatic hydroxyl groups is 1. The summed E-state index contributed by atoms with van der Waals surface area (Å²) in [7, 11) is 1.66. The Morgan fingerprint density at radius 2 is 1.91 bits per heavy atom. The molecule has 1 aliphatic heterocycles. The third kappa shape index (κ3) is 4.85. The molecule has 0 saturated carbocycles. The van der Waals surface area contributed by atoms with Crippen LogP contribution in [0.5, 0.6) is 11.5 Å². The van der Waals surface area contributed by atoms with E-state index in [-0.39, 0.29) is 11.7 Å². The van der Waals surface area contributed by atoms with Crippen LogP contribution in [0.25, 0.3) is 22.4 Å². The van der Waals surface area contributed by atoms with Gasteiger partial charge in [0.2, 0.25) is 5.91 Å². The summed E-state index contributed by atoms with van der Waals surface area (Å²) in [6, 6.07) is 17.1. The Morgan fingerprint density at radius 1 is 1.09 bits per heavy atom. The standard InChI is InChI=1S/C26H29N3O3/c1-3-7-26(31)27-20-10-11-24(30)22(17-20)23-15-19(18-8-6-9-21(14-18)32-2)16-25(28-23)29-12-4-5-13-29/h6,8-11,14-17,30H,3-5,7,12-13H2,1-2H3,(H,27,31). The average Bonchev–Trinajstić information content (AvgIpc) is 3.35. The second-order valence-corrected chi connectivity index (χ2v) is 8.06. The van der Waals surface area contributed by atoms with Gasteiger partial charge in [0.15, 0.2) is 0 Å². The number of phenolic OH excluding ortho intramolecular Hbond substituents is 1. The molecule has 0 bridgehead atoms. The van der Waals surface area contributed by atoms with Crippen LogP contribution >= 0.6 is 0 Å². The van der Waals surface area contributed by atoms with E-state index in [2.05, 4.69) is 16.3 Å². The first kappa shape index (κ1) is 21.7. The van der Waals surface area contributed by atoms with Gasteiger partial charge in [-0.3, -0.25) is 4.79 Å². The molecule has 4 rings (SSSR count). The van der Waals surface area contributed by atoms with Crippen LogP contribution in [0.15, 0.2) is 54.6 Å². The van der Waals surface area contributed by atoms with Crippen molar-refractivity contribution in [3.63, 3.8) is 0 Å². The number of phenols is 1. The summed E-state index contributed by atoms with van der Waals surface area (Å²) in [5.41, 5.74) is 3.91. The van der Waals surface area contributed by atoms with E-state index in [1.165, 1.54) is 0 Å². The number of hydrogen-bond acceptors (Lipinski definition) is 5. The van der Waals surface area contributed by atoms with Gasteiger partial charge in [0.1, 0.15) is 17.3 Å². The second-order valence-electron chi connectivity index (χ2n) is 8.06. The fraction of sp³-hybridized carbons (Fsp3) is 0.308. The summed E-state index contributed by atoms with van der Waals surface area (Å²) >= 11 is 0. The van der Waals surface area contributed by atoms with Gasteiger partial charge in [-0.1, -0.05) is 19.1 Å². The van der Waals surface area contributed by atoms with Gasteiger partial charge in [0.05, 0.1) is 12.8 Å². The molecule has 0 atom stereocenters. The minimum atomic E-state index is -0.0417. The molecule has 6 nitrogen and oxygen atoms in total. The lowest BCUT2D eigenvalue weighted by atomic mass is 10.0. The quantitative estimate of drug-likeness (QED) is 0.485. The molecule has 2 aromatic carbocycles. The number of nitrogens with one attached hydrogen (secondary N) is 1. The number of carbonyl (C=O) groups is 1. The summed E-state index contributed by atoms with van der Waals surface area (Å²) < 4.78 is 5.41. The molecule has 1 saturated heterocycles. The summed E-state index contributed by atoms with van der Waals surface area (Å²) in [6.07, 6.45) is 3.52. The minimum Gasteiger partial charge on any atom is -0.507 e. The maximum atomic E-state index is 12.1. The van der Waals surface area contributed by atoms with Gasteiger partial charge in [-0.25, -0.2) is 4.98 Å². The molecule has 1 fully saturated rings. The van der Waals surface area contributed by atoms with Crippen LogP contribution < -0.4 is 15.0 Å². The molecule has 1 amide bonds. The van der Waals surface area contributed by atoms with Gasteiger partial charge in [-0.05, 0) is 72.9 Å². The lowest BCUT2D eigenvalue weighted by Gasteiger charge is -2.19. The number of hydrogen-bond donors (Lipinski definition) is 2. The van der Waals surface area contributed by atoms with E-state index in [9.17, 15) is 9.90 Å². The van der Waals surface area contributed by atoms with Crippen molar-refractivity contribution in [1.82, 2.24) is 4.98 Å². The van der Waals surface area contributed by atoms with Crippen LogP contribution in [-0.4, -0.2) is 36.2 Å². The normalized spacial score (nSPS) is 13.2. The number of carbonyl (C=O) groups excluding carboxylic acids is 1. The maximum Gasteiger partial charge on any atom is 0.224 e. The molecule has 166 valence electrons. The van der Waals surface area contributed by atoms with E-state index in [1.54, 1.807) is 25.3 Å². The Labute approximate surface area is 188 Å². The van der Waals surface area contributed by atoms with Crippen molar-refractivity contribution in [2.24, 2.45) is 0 Å². The monoisotopic (exact) mass is 431 g/mol. The highest BCUT2D eigenvalue weighted by Gasteiger charge is 2.18. The van der Waals surface area contributed by atoms with Crippen molar-refractivity contribution < 1.29 is 14.6 Å². The van der Waals surface area contributed by atoms with E-state index in [0.717, 1.165) is 55.0 Å². The van der Waals surface area contributed by atoms with Crippen molar-refractivity contribution in [2.75, 3.05) is 30.4 Å². The molecule has 32 heavy (non-hydrogen) atoms. The highest BCUT2D eigenvalue weighted by molar-refractivity contribution is 5.92. The number of aromatic nitrogens is 1. The van der Waals surface area contributed by atoms with Gasteiger partial charge < -0.3 is 20.1 Å². The van der Waals surface area contributed by atoms with E-state index in [4.69, 9.17) is 9.72 Å². The third-order valence-corrected chi connectivity index (χ3v) is 5.68. The molecule has 0 radical (unpaired) electrons. The van der Waals surface area contributed by atoms with Crippen molar-refractivity contribution in [3.05, 3.63) is 54.6 Å². The van der Waals surface area contributed by atoms with E-state index >= 15 is 0 Å². The van der Waals surface area contributed by atoms with Gasteiger partial charge in [-0.15, -0.1) is 0 Å². The third-order valence-electron chi connectivity index (χ3n) is 5.68. The zero-order valence-corrected chi connectivity index (χ0v) is 18.6. The number of nitrogens with zero attached hydrogens (tertiary/aromatic N) is 2. The number of amides is 1. The molecular weight excluding hydrogens is 402 g/mol. The first-order chi connectivity index (χ1) is 15.6. The number of rotatable bonds is 7. The van der Waals surface area contributed by atoms with Crippen LogP contribution in [0.1, 0.15) is 32.6 Å². The van der Waals surface area contributed by atoms with E-state index < -0.39 is 0 Å². The van der Waals surface area contributed by atoms with Crippen molar-refractivity contribution in [1.29, 1.82) is 0 Å². The summed E-state index contributed by atoms with van der Waals surface area (Å²) in [5, 5.41) is 13.5. The Kier molecular flexibility index (Phi) is 6.59. The van der Waals surface area contributed by atoms with E-state index in [0.29, 0.717) is 23.4 Å². The summed E-state index contributed by atoms with van der Waals surface area (Å²) in [4.78, 5) is 19.2. The average molecular weight is 432 g/mol. The Morgan fingerprint density at radius 3 is 2.66 bits per heavy atom.